The quantitative estimate of drug-likeness (QED) is 0.818. The number of piperidine rings is 1. The molecule has 1 N–H and O–H groups in total. The Morgan fingerprint density at radius 3 is 2.32 bits per heavy atom. The van der Waals surface area contributed by atoms with Gasteiger partial charge in [-0.15, -0.1) is 0 Å². The van der Waals surface area contributed by atoms with Gasteiger partial charge in [0, 0.05) is 31.5 Å². The van der Waals surface area contributed by atoms with Gasteiger partial charge in [-0.25, -0.2) is 4.79 Å². The van der Waals surface area contributed by atoms with Crippen molar-refractivity contribution < 1.29 is 24.2 Å². The zero-order valence-electron chi connectivity index (χ0n) is 17.5. The Hall–Kier alpha value is -3.19. The van der Waals surface area contributed by atoms with E-state index in [1.54, 1.807) is 17.0 Å². The number of benzene rings is 2. The maximum absolute atomic E-state index is 13.4. The zero-order chi connectivity index (χ0) is 22.0. The number of ether oxygens (including phenoxy) is 1. The van der Waals surface area contributed by atoms with Crippen molar-refractivity contribution in [2.24, 2.45) is 0 Å². The van der Waals surface area contributed by atoms with E-state index in [1.807, 2.05) is 49.4 Å². The fourth-order valence-electron chi connectivity index (χ4n) is 4.49. The molecular formula is C24H26N2O5. The van der Waals surface area contributed by atoms with Crippen molar-refractivity contribution in [3.05, 3.63) is 71.3 Å². The van der Waals surface area contributed by atoms with E-state index in [2.05, 4.69) is 0 Å². The number of aryl methyl sites for hydroxylation is 1. The van der Waals surface area contributed by atoms with Crippen LogP contribution in [0.1, 0.15) is 34.3 Å². The van der Waals surface area contributed by atoms with Crippen LogP contribution in [-0.2, 0) is 20.7 Å². The first-order valence-electron chi connectivity index (χ1n) is 10.5. The Kier molecular flexibility index (Phi) is 5.78. The van der Waals surface area contributed by atoms with Gasteiger partial charge in [-0.05, 0) is 24.1 Å². The van der Waals surface area contributed by atoms with Crippen LogP contribution in [-0.4, -0.2) is 64.2 Å². The van der Waals surface area contributed by atoms with Crippen molar-refractivity contribution in [2.75, 3.05) is 19.7 Å². The second kappa shape index (κ2) is 8.51. The number of carbonyl (C=O) groups excluding carboxylic acids is 2. The maximum atomic E-state index is 13.4. The number of hydrogen-bond acceptors (Lipinski definition) is 4. The molecule has 7 nitrogen and oxygen atoms in total. The molecule has 7 heteroatoms. The van der Waals surface area contributed by atoms with Crippen molar-refractivity contribution in [1.82, 2.24) is 9.80 Å². The highest BCUT2D eigenvalue weighted by Crippen LogP contribution is 2.39. The predicted octanol–water partition coefficient (Wildman–Crippen LogP) is 2.48. The molecule has 31 heavy (non-hydrogen) atoms. The highest BCUT2D eigenvalue weighted by Gasteiger charge is 2.54. The summed E-state index contributed by atoms with van der Waals surface area (Å²) in [4.78, 5) is 41.2. The van der Waals surface area contributed by atoms with Gasteiger partial charge in [0.05, 0.1) is 13.0 Å². The lowest BCUT2D eigenvalue weighted by Crippen LogP contribution is -2.59. The summed E-state index contributed by atoms with van der Waals surface area (Å²) in [5.74, 6) is -1.40. The number of aliphatic carboxylic acids is 1. The minimum absolute atomic E-state index is 0.0191. The summed E-state index contributed by atoms with van der Waals surface area (Å²) in [5, 5.41) is 9.73. The number of carbonyl (C=O) groups is 3. The van der Waals surface area contributed by atoms with Crippen LogP contribution in [0.25, 0.3) is 0 Å². The van der Waals surface area contributed by atoms with Crippen LogP contribution in [0.15, 0.2) is 54.6 Å². The number of carboxylic acid groups (broad SMARTS) is 1. The first-order chi connectivity index (χ1) is 14.9. The van der Waals surface area contributed by atoms with Crippen molar-refractivity contribution in [3.8, 4) is 0 Å². The van der Waals surface area contributed by atoms with E-state index in [-0.39, 0.29) is 18.4 Å². The molecule has 2 fully saturated rings. The molecule has 2 aliphatic rings. The molecular weight excluding hydrogens is 396 g/mol. The van der Waals surface area contributed by atoms with Gasteiger partial charge >= 0.3 is 5.97 Å². The minimum Gasteiger partial charge on any atom is -0.480 e. The minimum atomic E-state index is -1.08. The third kappa shape index (κ3) is 4.05. The molecule has 1 spiro atoms. The zero-order valence-corrected chi connectivity index (χ0v) is 17.5. The number of rotatable bonds is 4. The lowest BCUT2D eigenvalue weighted by molar-refractivity contribution is -0.147. The third-order valence-corrected chi connectivity index (χ3v) is 6.24. The smallest absolute Gasteiger partial charge is 0.328 e. The predicted molar refractivity (Wildman–Crippen MR) is 113 cm³/mol. The van der Waals surface area contributed by atoms with Crippen molar-refractivity contribution >= 4 is 17.8 Å². The number of carboxylic acids is 1. The van der Waals surface area contributed by atoms with Gasteiger partial charge in [-0.1, -0.05) is 48.5 Å². The van der Waals surface area contributed by atoms with E-state index >= 15 is 0 Å². The molecule has 0 unspecified atom stereocenters. The van der Waals surface area contributed by atoms with Gasteiger partial charge in [-0.2, -0.15) is 0 Å². The number of hydrogen-bond donors (Lipinski definition) is 1. The van der Waals surface area contributed by atoms with Crippen LogP contribution in [0.2, 0.25) is 0 Å². The molecule has 0 aliphatic carbocycles. The van der Waals surface area contributed by atoms with E-state index in [9.17, 15) is 19.5 Å². The van der Waals surface area contributed by atoms with Gasteiger partial charge in [0.25, 0.3) is 5.91 Å². The van der Waals surface area contributed by atoms with Crippen LogP contribution < -0.4 is 0 Å². The monoisotopic (exact) mass is 422 g/mol. The van der Waals surface area contributed by atoms with Crippen LogP contribution in [0.3, 0.4) is 0 Å². The molecule has 162 valence electrons. The lowest BCUT2D eigenvalue weighted by Gasteiger charge is -2.44. The molecule has 2 heterocycles. The molecule has 0 aromatic heterocycles. The van der Waals surface area contributed by atoms with Crippen LogP contribution in [0.4, 0.5) is 0 Å². The third-order valence-electron chi connectivity index (χ3n) is 6.24. The molecule has 0 radical (unpaired) electrons. The summed E-state index contributed by atoms with van der Waals surface area (Å²) < 4.78 is 5.98. The molecule has 4 rings (SSSR count). The van der Waals surface area contributed by atoms with Crippen molar-refractivity contribution in [3.63, 3.8) is 0 Å². The fraction of sp³-hybridized carbons (Fsp3) is 0.375. The molecule has 1 atom stereocenters. The summed E-state index contributed by atoms with van der Waals surface area (Å²) in [5.41, 5.74) is 1.20. The Bertz CT molecular complexity index is 982. The molecule has 2 aromatic carbocycles. The molecule has 2 amide bonds. The normalized spacial score (nSPS) is 20.1. The van der Waals surface area contributed by atoms with E-state index in [0.717, 1.165) is 11.1 Å². The highest BCUT2D eigenvalue weighted by atomic mass is 16.5. The Morgan fingerprint density at radius 1 is 1.03 bits per heavy atom. The fourth-order valence-corrected chi connectivity index (χ4v) is 4.49. The second-order valence-corrected chi connectivity index (χ2v) is 8.14. The molecule has 0 bridgehead atoms. The van der Waals surface area contributed by atoms with Gasteiger partial charge < -0.3 is 14.7 Å². The average Bonchev–Trinajstić information content (AvgIpc) is 3.13. The number of nitrogens with zero attached hydrogens (tertiary/aromatic N) is 2. The summed E-state index contributed by atoms with van der Waals surface area (Å²) in [6.07, 6.45) is 1.09. The van der Waals surface area contributed by atoms with Crippen molar-refractivity contribution in [1.29, 1.82) is 0 Å². The molecule has 2 saturated heterocycles. The summed E-state index contributed by atoms with van der Waals surface area (Å²) in [7, 11) is 0. The SMILES string of the molecule is Cc1ccccc1C(=O)N1[C@H](C(=O)O)COC12CCN(C(=O)Cc1ccccc1)CC2. The molecule has 2 aromatic rings. The van der Waals surface area contributed by atoms with Crippen molar-refractivity contribution in [2.45, 2.75) is 38.0 Å². The topological polar surface area (TPSA) is 87.2 Å². The summed E-state index contributed by atoms with van der Waals surface area (Å²) >= 11 is 0. The Labute approximate surface area is 181 Å². The van der Waals surface area contributed by atoms with Gasteiger partial charge in [0.15, 0.2) is 6.04 Å². The summed E-state index contributed by atoms with van der Waals surface area (Å²) in [6, 6.07) is 15.7. The largest absolute Gasteiger partial charge is 0.480 e. The van der Waals surface area contributed by atoms with Gasteiger partial charge in [0.1, 0.15) is 5.72 Å². The maximum Gasteiger partial charge on any atom is 0.328 e. The second-order valence-electron chi connectivity index (χ2n) is 8.14. The van der Waals surface area contributed by atoms with E-state index in [4.69, 9.17) is 4.74 Å². The molecule has 0 saturated carbocycles. The highest BCUT2D eigenvalue weighted by molar-refractivity contribution is 5.98. The average molecular weight is 422 g/mol. The van der Waals surface area contributed by atoms with Gasteiger partial charge in [0.2, 0.25) is 5.91 Å². The van der Waals surface area contributed by atoms with Crippen LogP contribution in [0.5, 0.6) is 0 Å². The summed E-state index contributed by atoms with van der Waals surface area (Å²) in [6.45, 7) is 2.60. The van der Waals surface area contributed by atoms with E-state index in [0.29, 0.717) is 37.9 Å². The van der Waals surface area contributed by atoms with E-state index in [1.165, 1.54) is 4.90 Å². The van der Waals surface area contributed by atoms with Gasteiger partial charge in [-0.3, -0.25) is 14.5 Å². The molecule has 2 aliphatic heterocycles. The Balaban J connectivity index is 1.52. The number of amides is 2. The van der Waals surface area contributed by atoms with Crippen LogP contribution >= 0.6 is 0 Å². The van der Waals surface area contributed by atoms with Crippen LogP contribution in [0, 0.1) is 6.92 Å². The first-order valence-corrected chi connectivity index (χ1v) is 10.5. The standard InChI is InChI=1S/C24H26N2O5/c1-17-7-5-6-10-19(17)22(28)26-20(23(29)30)16-31-24(26)11-13-25(14-12-24)21(27)15-18-8-3-2-4-9-18/h2-10,20H,11-16H2,1H3,(H,29,30)/t20-/m0/s1. The lowest BCUT2D eigenvalue weighted by atomic mass is 9.95. The Morgan fingerprint density at radius 2 is 1.68 bits per heavy atom. The first kappa shape index (κ1) is 21.1. The number of likely N-dealkylation sites (tertiary alicyclic amines) is 1. The van der Waals surface area contributed by atoms with E-state index < -0.39 is 17.7 Å².